The summed E-state index contributed by atoms with van der Waals surface area (Å²) in [5.41, 5.74) is 6.26. The van der Waals surface area contributed by atoms with Crippen LogP contribution in [0.25, 0.3) is 0 Å². The van der Waals surface area contributed by atoms with Crippen molar-refractivity contribution in [2.75, 3.05) is 0 Å². The van der Waals surface area contributed by atoms with Crippen LogP contribution in [0.3, 0.4) is 0 Å². The second-order valence-electron chi connectivity index (χ2n) is 6.08. The molecule has 2 rings (SSSR count). The maximum Gasteiger partial charge on any atom is 0.0442 e. The topological polar surface area (TPSA) is 14.1 Å². The molecule has 0 aromatic rings. The highest BCUT2D eigenvalue weighted by Gasteiger charge is 2.26. The minimum Gasteiger partial charge on any atom is -0.257 e. The van der Waals surface area contributed by atoms with Crippen LogP contribution >= 0.6 is 0 Å². The van der Waals surface area contributed by atoms with Crippen molar-refractivity contribution in [3.63, 3.8) is 0 Å². The van der Waals surface area contributed by atoms with E-state index in [9.17, 15) is 0 Å². The third kappa shape index (κ3) is 3.87. The summed E-state index contributed by atoms with van der Waals surface area (Å²) in [4.78, 5) is 0. The molecule has 1 aliphatic carbocycles. The highest BCUT2D eigenvalue weighted by atomic mass is 14.9. The van der Waals surface area contributed by atoms with Crippen LogP contribution in [0.5, 0.6) is 0 Å². The van der Waals surface area contributed by atoms with Crippen LogP contribution in [0.4, 0.5) is 0 Å². The molecule has 0 saturated heterocycles. The minimum atomic E-state index is 1.22. The van der Waals surface area contributed by atoms with Crippen molar-refractivity contribution in [1.29, 1.82) is 0 Å². The van der Waals surface area contributed by atoms with Gasteiger partial charge in [0.05, 0.1) is 0 Å². The van der Waals surface area contributed by atoms with Gasteiger partial charge in [0.25, 0.3) is 0 Å². The number of nitrogens with zero attached hydrogens (tertiary/aromatic N) is 1. The average Bonchev–Trinajstić information content (AvgIpc) is 2.78. The Morgan fingerprint density at radius 2 is 1.53 bits per heavy atom. The molecule has 0 unspecified atom stereocenters. The van der Waals surface area contributed by atoms with Gasteiger partial charge in [0.2, 0.25) is 0 Å². The molecule has 107 valence electrons. The molecule has 0 saturated carbocycles. The largest absolute Gasteiger partial charge is 0.257 e. The number of rotatable bonds is 8. The molecule has 0 amide bonds. The SMILES string of the molecule is CCCCCC1=C(CCCCC)C2=C(CCCC2)[N]1. The predicted molar refractivity (Wildman–Crippen MR) is 82.9 cm³/mol. The van der Waals surface area contributed by atoms with Crippen molar-refractivity contribution in [3.8, 4) is 0 Å². The Labute approximate surface area is 119 Å². The van der Waals surface area contributed by atoms with Gasteiger partial charge < -0.3 is 0 Å². The van der Waals surface area contributed by atoms with Gasteiger partial charge in [0.15, 0.2) is 0 Å². The summed E-state index contributed by atoms with van der Waals surface area (Å²) >= 11 is 0. The van der Waals surface area contributed by atoms with E-state index >= 15 is 0 Å². The molecule has 1 heteroatoms. The Morgan fingerprint density at radius 3 is 2.26 bits per heavy atom. The van der Waals surface area contributed by atoms with E-state index in [2.05, 4.69) is 13.8 Å². The first-order valence-corrected chi connectivity index (χ1v) is 8.53. The Kier molecular flexibility index (Phi) is 6.00. The molecule has 1 nitrogen and oxygen atoms in total. The second-order valence-corrected chi connectivity index (χ2v) is 6.08. The molecule has 1 aliphatic heterocycles. The quantitative estimate of drug-likeness (QED) is 0.486. The van der Waals surface area contributed by atoms with Crippen molar-refractivity contribution in [2.24, 2.45) is 0 Å². The van der Waals surface area contributed by atoms with Gasteiger partial charge >= 0.3 is 0 Å². The fourth-order valence-electron chi connectivity index (χ4n) is 3.34. The van der Waals surface area contributed by atoms with Gasteiger partial charge in [-0.2, -0.15) is 0 Å². The van der Waals surface area contributed by atoms with E-state index in [0.29, 0.717) is 0 Å². The highest BCUT2D eigenvalue weighted by Crippen LogP contribution is 2.39. The first-order valence-electron chi connectivity index (χ1n) is 8.53. The number of hydrogen-bond donors (Lipinski definition) is 0. The monoisotopic (exact) mass is 260 g/mol. The molecule has 0 N–H and O–H groups in total. The van der Waals surface area contributed by atoms with Gasteiger partial charge in [-0.3, -0.25) is 5.32 Å². The number of hydrogen-bond acceptors (Lipinski definition) is 0. The predicted octanol–water partition coefficient (Wildman–Crippen LogP) is 5.85. The van der Waals surface area contributed by atoms with Crippen molar-refractivity contribution >= 4 is 0 Å². The molecule has 0 spiro atoms. The summed E-state index contributed by atoms with van der Waals surface area (Å²) in [5.74, 6) is 0. The molecule has 0 aromatic heterocycles. The van der Waals surface area contributed by atoms with E-state index < -0.39 is 0 Å². The maximum atomic E-state index is 5.00. The molecule has 0 aromatic carbocycles. The molecular weight excluding hydrogens is 230 g/mol. The van der Waals surface area contributed by atoms with Crippen LogP contribution < -0.4 is 5.32 Å². The first kappa shape index (κ1) is 14.7. The van der Waals surface area contributed by atoms with Crippen LogP contribution in [0.2, 0.25) is 0 Å². The molecular formula is C18H30N. The van der Waals surface area contributed by atoms with E-state index in [0.717, 1.165) is 0 Å². The second kappa shape index (κ2) is 7.77. The summed E-state index contributed by atoms with van der Waals surface area (Å²) in [5, 5.41) is 5.00. The zero-order valence-electron chi connectivity index (χ0n) is 12.9. The van der Waals surface area contributed by atoms with Crippen LogP contribution in [0.15, 0.2) is 22.5 Å². The third-order valence-corrected chi connectivity index (χ3v) is 4.47. The summed E-state index contributed by atoms with van der Waals surface area (Å²) in [7, 11) is 0. The van der Waals surface area contributed by atoms with Gasteiger partial charge in [-0.05, 0) is 62.5 Å². The average molecular weight is 260 g/mol. The van der Waals surface area contributed by atoms with Crippen LogP contribution in [-0.2, 0) is 0 Å². The van der Waals surface area contributed by atoms with E-state index in [4.69, 9.17) is 5.32 Å². The lowest BCUT2D eigenvalue weighted by Gasteiger charge is -2.15. The van der Waals surface area contributed by atoms with Gasteiger partial charge in [-0.15, -0.1) is 0 Å². The Balaban J connectivity index is 2.00. The summed E-state index contributed by atoms with van der Waals surface area (Å²) in [6, 6.07) is 0. The summed E-state index contributed by atoms with van der Waals surface area (Å²) in [6.45, 7) is 4.58. The lowest BCUT2D eigenvalue weighted by atomic mass is 9.89. The zero-order valence-corrected chi connectivity index (χ0v) is 12.9. The van der Waals surface area contributed by atoms with Crippen LogP contribution in [0.1, 0.15) is 90.9 Å². The Bertz CT molecular complexity index is 349. The van der Waals surface area contributed by atoms with Gasteiger partial charge in [0.1, 0.15) is 0 Å². The Morgan fingerprint density at radius 1 is 0.842 bits per heavy atom. The fourth-order valence-corrected chi connectivity index (χ4v) is 3.34. The third-order valence-electron chi connectivity index (χ3n) is 4.47. The maximum absolute atomic E-state index is 5.00. The van der Waals surface area contributed by atoms with E-state index in [1.54, 1.807) is 11.1 Å². The zero-order chi connectivity index (χ0) is 13.5. The molecule has 1 heterocycles. The lowest BCUT2D eigenvalue weighted by Crippen LogP contribution is -2.03. The van der Waals surface area contributed by atoms with Gasteiger partial charge in [0, 0.05) is 11.4 Å². The van der Waals surface area contributed by atoms with Crippen molar-refractivity contribution in [3.05, 3.63) is 22.5 Å². The van der Waals surface area contributed by atoms with Crippen LogP contribution in [0, 0.1) is 0 Å². The van der Waals surface area contributed by atoms with Gasteiger partial charge in [-0.25, -0.2) is 0 Å². The van der Waals surface area contributed by atoms with Crippen molar-refractivity contribution in [2.45, 2.75) is 90.9 Å². The number of allylic oxidation sites excluding steroid dienone is 4. The molecule has 19 heavy (non-hydrogen) atoms. The standard InChI is InChI=1S/C18H30N/c1-3-5-7-11-15-16-12-9-10-14-18(16)19-17(15)13-8-6-4-2/h3-14H2,1-2H3. The lowest BCUT2D eigenvalue weighted by molar-refractivity contribution is 0.645. The summed E-state index contributed by atoms with van der Waals surface area (Å²) < 4.78 is 0. The van der Waals surface area contributed by atoms with E-state index in [1.165, 1.54) is 88.4 Å². The molecule has 0 fully saturated rings. The van der Waals surface area contributed by atoms with E-state index in [-0.39, 0.29) is 0 Å². The van der Waals surface area contributed by atoms with Crippen molar-refractivity contribution < 1.29 is 0 Å². The van der Waals surface area contributed by atoms with Crippen LogP contribution in [-0.4, -0.2) is 0 Å². The first-order chi connectivity index (χ1) is 9.36. The van der Waals surface area contributed by atoms with E-state index in [1.807, 2.05) is 0 Å². The van der Waals surface area contributed by atoms with Crippen molar-refractivity contribution in [1.82, 2.24) is 5.32 Å². The molecule has 1 radical (unpaired) electrons. The normalized spacial score (nSPS) is 18.8. The van der Waals surface area contributed by atoms with Gasteiger partial charge in [-0.1, -0.05) is 39.5 Å². The Hall–Kier alpha value is -0.720. The minimum absolute atomic E-state index is 1.22. The summed E-state index contributed by atoms with van der Waals surface area (Å²) in [6.07, 6.45) is 15.8. The highest BCUT2D eigenvalue weighted by molar-refractivity contribution is 5.46. The smallest absolute Gasteiger partial charge is 0.0442 e. The molecule has 0 bridgehead atoms. The molecule has 2 aliphatic rings. The number of unbranched alkanes of at least 4 members (excludes halogenated alkanes) is 4. The molecule has 0 atom stereocenters. The fraction of sp³-hybridized carbons (Fsp3) is 0.778.